The summed E-state index contributed by atoms with van der Waals surface area (Å²) in [6.45, 7) is 12.9. The number of ether oxygens (including phenoxy) is 3. The highest BCUT2D eigenvalue weighted by Gasteiger charge is 2.46. The van der Waals surface area contributed by atoms with Gasteiger partial charge in [-0.05, 0) is 54.4 Å². The molecule has 2 aromatic carbocycles. The fraction of sp³-hybridized carbons (Fsp3) is 0.429. The van der Waals surface area contributed by atoms with Crippen molar-refractivity contribution in [3.63, 3.8) is 0 Å². The summed E-state index contributed by atoms with van der Waals surface area (Å²) in [6.07, 6.45) is -0.0559. The number of ketones is 2. The molecule has 0 N–H and O–H groups in total. The van der Waals surface area contributed by atoms with Crippen LogP contribution in [0.2, 0.25) is 18.1 Å². The van der Waals surface area contributed by atoms with Gasteiger partial charge < -0.3 is 18.6 Å². The average molecular weight is 495 g/mol. The third-order valence-electron chi connectivity index (χ3n) is 7.55. The molecule has 2 aromatic rings. The SMILES string of the molecule is COc1cc(C)cc2c1C1=C(CC2O[Si](C)(C)C(C)(C)C)C(=O)c2c(OC)ccc(OC)c2C1=O. The van der Waals surface area contributed by atoms with E-state index < -0.39 is 8.32 Å². The molecule has 0 heterocycles. The number of rotatable bonds is 5. The number of allylic oxidation sites excluding steroid dienone is 1. The van der Waals surface area contributed by atoms with Crippen molar-refractivity contribution in [3.05, 3.63) is 57.7 Å². The summed E-state index contributed by atoms with van der Waals surface area (Å²) in [4.78, 5) is 28.1. The molecule has 0 bridgehead atoms. The van der Waals surface area contributed by atoms with E-state index >= 15 is 0 Å². The lowest BCUT2D eigenvalue weighted by Crippen LogP contribution is -2.43. The zero-order valence-corrected chi connectivity index (χ0v) is 23.0. The number of aryl methyl sites for hydroxylation is 1. The third-order valence-corrected chi connectivity index (χ3v) is 12.0. The standard InChI is InChI=1S/C28H34O6Si/c1-15-12-16-20(34-35(8,9)28(2,3)4)14-17-23(22(16)21(13-15)33-7)27(30)25-19(32-6)11-10-18(31-5)24(25)26(17)29/h10-13,20H,14H2,1-9H3. The fourth-order valence-corrected chi connectivity index (χ4v) is 6.01. The van der Waals surface area contributed by atoms with E-state index in [4.69, 9.17) is 18.6 Å². The molecule has 0 spiro atoms. The molecule has 0 aliphatic heterocycles. The van der Waals surface area contributed by atoms with E-state index in [0.717, 1.165) is 11.1 Å². The highest BCUT2D eigenvalue weighted by atomic mass is 28.4. The minimum absolute atomic E-state index is 0.0225. The monoisotopic (exact) mass is 494 g/mol. The molecule has 0 fully saturated rings. The van der Waals surface area contributed by atoms with Crippen molar-refractivity contribution in [1.29, 1.82) is 0 Å². The van der Waals surface area contributed by atoms with Gasteiger partial charge in [-0.2, -0.15) is 0 Å². The first-order valence-corrected chi connectivity index (χ1v) is 14.7. The van der Waals surface area contributed by atoms with Crippen molar-refractivity contribution in [2.75, 3.05) is 21.3 Å². The van der Waals surface area contributed by atoms with Crippen LogP contribution in [-0.4, -0.2) is 41.2 Å². The predicted molar refractivity (Wildman–Crippen MR) is 138 cm³/mol. The Bertz CT molecular complexity index is 1270. The Kier molecular flexibility index (Phi) is 6.22. The molecular weight excluding hydrogens is 460 g/mol. The van der Waals surface area contributed by atoms with E-state index in [0.29, 0.717) is 40.4 Å². The van der Waals surface area contributed by atoms with Gasteiger partial charge in [-0.15, -0.1) is 0 Å². The van der Waals surface area contributed by atoms with Crippen molar-refractivity contribution in [2.45, 2.75) is 58.4 Å². The van der Waals surface area contributed by atoms with Crippen LogP contribution >= 0.6 is 0 Å². The van der Waals surface area contributed by atoms with E-state index in [2.05, 4.69) is 39.9 Å². The van der Waals surface area contributed by atoms with Gasteiger partial charge in [-0.25, -0.2) is 0 Å². The number of hydrogen-bond donors (Lipinski definition) is 0. The van der Waals surface area contributed by atoms with Crippen LogP contribution in [0.1, 0.15) is 70.7 Å². The number of fused-ring (bicyclic) bond motifs is 3. The van der Waals surface area contributed by atoms with Gasteiger partial charge in [0.25, 0.3) is 0 Å². The van der Waals surface area contributed by atoms with Crippen molar-refractivity contribution in [3.8, 4) is 17.2 Å². The second-order valence-electron chi connectivity index (χ2n) is 10.7. The Hall–Kier alpha value is -2.90. The quantitative estimate of drug-likeness (QED) is 0.453. The molecule has 2 aliphatic rings. The number of Topliss-reactive ketones (excluding diaryl/α,β-unsaturated/α-hetero) is 2. The van der Waals surface area contributed by atoms with Gasteiger partial charge in [0, 0.05) is 23.1 Å². The summed E-state index contributed by atoms with van der Waals surface area (Å²) >= 11 is 0. The molecule has 186 valence electrons. The van der Waals surface area contributed by atoms with Crippen molar-refractivity contribution >= 4 is 25.5 Å². The Labute approximate surface area is 208 Å². The largest absolute Gasteiger partial charge is 0.496 e. The highest BCUT2D eigenvalue weighted by Crippen LogP contribution is 2.52. The topological polar surface area (TPSA) is 71.1 Å². The molecule has 0 aromatic heterocycles. The van der Waals surface area contributed by atoms with Crippen molar-refractivity contribution in [1.82, 2.24) is 0 Å². The van der Waals surface area contributed by atoms with Crippen molar-refractivity contribution in [2.24, 2.45) is 0 Å². The molecule has 0 saturated carbocycles. The Morgan fingerprint density at radius 1 is 0.829 bits per heavy atom. The summed E-state index contributed by atoms with van der Waals surface area (Å²) in [6, 6.07) is 7.27. The number of benzene rings is 2. The minimum atomic E-state index is -2.21. The molecule has 2 aliphatic carbocycles. The molecule has 0 radical (unpaired) electrons. The highest BCUT2D eigenvalue weighted by molar-refractivity contribution is 6.74. The number of hydrogen-bond acceptors (Lipinski definition) is 6. The maximum Gasteiger partial charge on any atom is 0.198 e. The lowest BCUT2D eigenvalue weighted by Gasteiger charge is -2.42. The molecule has 1 unspecified atom stereocenters. The molecule has 0 saturated heterocycles. The van der Waals surface area contributed by atoms with Gasteiger partial charge >= 0.3 is 0 Å². The maximum absolute atomic E-state index is 14.1. The molecule has 4 rings (SSSR count). The molecular formula is C28H34O6Si. The molecule has 1 atom stereocenters. The van der Waals surface area contributed by atoms with E-state index in [1.165, 1.54) is 14.2 Å². The van der Waals surface area contributed by atoms with Crippen LogP contribution in [0.5, 0.6) is 17.2 Å². The molecule has 6 nitrogen and oxygen atoms in total. The van der Waals surface area contributed by atoms with Gasteiger partial charge in [0.1, 0.15) is 17.2 Å². The second kappa shape index (κ2) is 8.64. The predicted octanol–water partition coefficient (Wildman–Crippen LogP) is 6.32. The van der Waals surface area contributed by atoms with E-state index in [-0.39, 0.29) is 33.8 Å². The summed E-state index contributed by atoms with van der Waals surface area (Å²) < 4.78 is 23.6. The fourth-order valence-electron chi connectivity index (χ4n) is 4.74. The van der Waals surface area contributed by atoms with Crippen LogP contribution in [0.4, 0.5) is 0 Å². The summed E-state index contributed by atoms with van der Waals surface area (Å²) in [5.41, 5.74) is 3.81. The van der Waals surface area contributed by atoms with Gasteiger partial charge in [-0.1, -0.05) is 26.8 Å². The van der Waals surface area contributed by atoms with Crippen LogP contribution in [-0.2, 0) is 4.43 Å². The maximum atomic E-state index is 14.1. The normalized spacial score (nSPS) is 17.6. The number of methoxy groups -OCH3 is 3. The van der Waals surface area contributed by atoms with Crippen molar-refractivity contribution < 1.29 is 28.2 Å². The number of carbonyl (C=O) groups excluding carboxylic acids is 2. The second-order valence-corrected chi connectivity index (χ2v) is 15.5. The third kappa shape index (κ3) is 3.91. The molecule has 35 heavy (non-hydrogen) atoms. The van der Waals surface area contributed by atoms with Crippen LogP contribution in [0, 0.1) is 6.92 Å². The van der Waals surface area contributed by atoms with E-state index in [1.54, 1.807) is 19.2 Å². The minimum Gasteiger partial charge on any atom is -0.496 e. The van der Waals surface area contributed by atoms with Gasteiger partial charge in [0.05, 0.1) is 38.6 Å². The van der Waals surface area contributed by atoms with Gasteiger partial charge in [-0.3, -0.25) is 9.59 Å². The first kappa shape index (κ1) is 25.2. The first-order valence-electron chi connectivity index (χ1n) is 11.8. The number of carbonyl (C=O) groups is 2. The summed E-state index contributed by atoms with van der Waals surface area (Å²) in [7, 11) is 2.36. The Morgan fingerprint density at radius 2 is 1.37 bits per heavy atom. The van der Waals surface area contributed by atoms with Gasteiger partial charge in [0.15, 0.2) is 19.9 Å². The van der Waals surface area contributed by atoms with Crippen LogP contribution in [0.15, 0.2) is 29.8 Å². The lowest BCUT2D eigenvalue weighted by atomic mass is 9.72. The summed E-state index contributed by atoms with van der Waals surface area (Å²) in [5, 5.41) is -0.0225. The Balaban J connectivity index is 2.00. The van der Waals surface area contributed by atoms with E-state index in [1.807, 2.05) is 13.0 Å². The van der Waals surface area contributed by atoms with Crippen LogP contribution < -0.4 is 14.2 Å². The lowest BCUT2D eigenvalue weighted by molar-refractivity contribution is 0.0966. The first-order chi connectivity index (χ1) is 16.4. The van der Waals surface area contributed by atoms with Crippen LogP contribution in [0.25, 0.3) is 5.57 Å². The zero-order valence-electron chi connectivity index (χ0n) is 22.0. The molecule has 0 amide bonds. The zero-order chi connectivity index (χ0) is 25.9. The van der Waals surface area contributed by atoms with Crippen LogP contribution in [0.3, 0.4) is 0 Å². The smallest absolute Gasteiger partial charge is 0.198 e. The summed E-state index contributed by atoms with van der Waals surface area (Å²) in [5.74, 6) is 0.761. The van der Waals surface area contributed by atoms with Gasteiger partial charge in [0.2, 0.25) is 0 Å². The Morgan fingerprint density at radius 3 is 1.89 bits per heavy atom. The van der Waals surface area contributed by atoms with E-state index in [9.17, 15) is 9.59 Å². The molecule has 7 heteroatoms. The average Bonchev–Trinajstić information content (AvgIpc) is 2.79.